The summed E-state index contributed by atoms with van der Waals surface area (Å²) in [7, 11) is 0. The number of hydrogen-bond acceptors (Lipinski definition) is 5. The van der Waals surface area contributed by atoms with Gasteiger partial charge in [0.25, 0.3) is 0 Å². The van der Waals surface area contributed by atoms with Crippen LogP contribution in [0.4, 0.5) is 4.39 Å². The SMILES string of the molecule is Cc1ccc(OCc2nc(CC(=O)N(Cc3cccc(F)c3)CC3CCCO3)cs2)cc1. The normalized spacial score (nSPS) is 15.6. The van der Waals surface area contributed by atoms with Gasteiger partial charge in [-0.15, -0.1) is 11.3 Å². The van der Waals surface area contributed by atoms with E-state index in [0.29, 0.717) is 19.7 Å². The van der Waals surface area contributed by atoms with Gasteiger partial charge in [-0.1, -0.05) is 29.8 Å². The van der Waals surface area contributed by atoms with E-state index in [9.17, 15) is 9.18 Å². The van der Waals surface area contributed by atoms with E-state index in [1.165, 1.54) is 29.0 Å². The van der Waals surface area contributed by atoms with Crippen LogP contribution in [0.5, 0.6) is 5.75 Å². The van der Waals surface area contributed by atoms with Crippen molar-refractivity contribution in [1.82, 2.24) is 9.88 Å². The number of ether oxygens (including phenoxy) is 2. The molecule has 1 aliphatic rings. The third kappa shape index (κ3) is 6.37. The van der Waals surface area contributed by atoms with E-state index in [0.717, 1.165) is 41.5 Å². The fourth-order valence-corrected chi connectivity index (χ4v) is 4.39. The standard InChI is InChI=1S/C25H27FN2O3S/c1-18-7-9-22(10-8-18)31-16-24-27-21(17-32-24)13-25(29)28(15-23-6-3-11-30-23)14-19-4-2-5-20(26)12-19/h2,4-5,7-10,12,17,23H,3,6,11,13-16H2,1H3. The van der Waals surface area contributed by atoms with Crippen LogP contribution in [-0.2, 0) is 29.1 Å². The second-order valence-corrected chi connectivity index (χ2v) is 8.99. The van der Waals surface area contributed by atoms with Gasteiger partial charge in [-0.2, -0.15) is 0 Å². The first kappa shape index (κ1) is 22.4. The number of rotatable bonds is 9. The second kappa shape index (κ2) is 10.7. The molecule has 0 spiro atoms. The molecule has 3 aromatic rings. The molecule has 32 heavy (non-hydrogen) atoms. The van der Waals surface area contributed by atoms with Crippen molar-refractivity contribution in [3.63, 3.8) is 0 Å². The minimum Gasteiger partial charge on any atom is -0.486 e. The maximum absolute atomic E-state index is 13.6. The molecule has 168 valence electrons. The van der Waals surface area contributed by atoms with Crippen molar-refractivity contribution in [1.29, 1.82) is 0 Å². The lowest BCUT2D eigenvalue weighted by Gasteiger charge is -2.25. The van der Waals surface area contributed by atoms with E-state index in [2.05, 4.69) is 4.98 Å². The molecule has 0 saturated carbocycles. The summed E-state index contributed by atoms with van der Waals surface area (Å²) in [6.45, 7) is 3.98. The summed E-state index contributed by atoms with van der Waals surface area (Å²) in [5.74, 6) is 0.451. The zero-order valence-electron chi connectivity index (χ0n) is 18.1. The van der Waals surface area contributed by atoms with Crippen molar-refractivity contribution in [2.45, 2.75) is 45.4 Å². The predicted octanol–water partition coefficient (Wildman–Crippen LogP) is 4.92. The van der Waals surface area contributed by atoms with Gasteiger partial charge in [0.05, 0.1) is 18.2 Å². The number of carbonyl (C=O) groups excluding carboxylic acids is 1. The molecule has 0 radical (unpaired) electrons. The van der Waals surface area contributed by atoms with Crippen LogP contribution in [0.25, 0.3) is 0 Å². The van der Waals surface area contributed by atoms with Crippen LogP contribution in [0, 0.1) is 12.7 Å². The van der Waals surface area contributed by atoms with Crippen LogP contribution < -0.4 is 4.74 Å². The first-order valence-electron chi connectivity index (χ1n) is 10.8. The van der Waals surface area contributed by atoms with Crippen LogP contribution in [0.3, 0.4) is 0 Å². The van der Waals surface area contributed by atoms with Gasteiger partial charge in [-0.05, 0) is 49.6 Å². The smallest absolute Gasteiger partial charge is 0.229 e. The number of hydrogen-bond donors (Lipinski definition) is 0. The van der Waals surface area contributed by atoms with Gasteiger partial charge in [0.15, 0.2) is 0 Å². The summed E-state index contributed by atoms with van der Waals surface area (Å²) in [5.41, 5.74) is 2.67. The van der Waals surface area contributed by atoms with Crippen molar-refractivity contribution < 1.29 is 18.7 Å². The highest BCUT2D eigenvalue weighted by atomic mass is 32.1. The Hall–Kier alpha value is -2.77. The van der Waals surface area contributed by atoms with Crippen molar-refractivity contribution in [2.24, 2.45) is 0 Å². The van der Waals surface area contributed by atoms with Crippen LogP contribution >= 0.6 is 11.3 Å². The molecule has 5 nitrogen and oxygen atoms in total. The number of nitrogens with zero attached hydrogens (tertiary/aromatic N) is 2. The molecule has 0 aliphatic carbocycles. The van der Waals surface area contributed by atoms with Gasteiger partial charge in [0.1, 0.15) is 23.2 Å². The molecule has 1 aromatic heterocycles. The largest absolute Gasteiger partial charge is 0.486 e. The Morgan fingerprint density at radius 2 is 2.12 bits per heavy atom. The third-order valence-electron chi connectivity index (χ3n) is 5.38. The van der Waals surface area contributed by atoms with Crippen molar-refractivity contribution in [3.8, 4) is 5.75 Å². The highest BCUT2D eigenvalue weighted by molar-refractivity contribution is 7.09. The van der Waals surface area contributed by atoms with Gasteiger partial charge < -0.3 is 14.4 Å². The topological polar surface area (TPSA) is 51.7 Å². The number of aryl methyl sites for hydroxylation is 1. The number of amides is 1. The first-order chi connectivity index (χ1) is 15.5. The second-order valence-electron chi connectivity index (χ2n) is 8.05. The minimum absolute atomic E-state index is 0.0291. The van der Waals surface area contributed by atoms with Crippen LogP contribution in [0.15, 0.2) is 53.9 Å². The molecule has 2 heterocycles. The summed E-state index contributed by atoms with van der Waals surface area (Å²) < 4.78 is 25.2. The zero-order chi connectivity index (χ0) is 22.3. The van der Waals surface area contributed by atoms with Gasteiger partial charge >= 0.3 is 0 Å². The highest BCUT2D eigenvalue weighted by Gasteiger charge is 2.23. The molecule has 1 aliphatic heterocycles. The maximum atomic E-state index is 13.6. The van der Waals surface area contributed by atoms with Crippen LogP contribution in [-0.4, -0.2) is 35.0 Å². The van der Waals surface area contributed by atoms with E-state index in [-0.39, 0.29) is 24.2 Å². The lowest BCUT2D eigenvalue weighted by atomic mass is 10.1. The molecule has 4 rings (SSSR count). The molecule has 1 saturated heterocycles. The molecular weight excluding hydrogens is 427 g/mol. The molecule has 0 bridgehead atoms. The Balaban J connectivity index is 1.37. The number of benzene rings is 2. The number of carbonyl (C=O) groups is 1. The number of thiazole rings is 1. The maximum Gasteiger partial charge on any atom is 0.229 e. The molecule has 1 amide bonds. The Morgan fingerprint density at radius 1 is 1.28 bits per heavy atom. The van der Waals surface area contributed by atoms with Gasteiger partial charge in [-0.3, -0.25) is 4.79 Å². The predicted molar refractivity (Wildman–Crippen MR) is 122 cm³/mol. The molecule has 7 heteroatoms. The van der Waals surface area contributed by atoms with Gasteiger partial charge in [0.2, 0.25) is 5.91 Å². The molecule has 1 unspecified atom stereocenters. The van der Waals surface area contributed by atoms with Crippen molar-refractivity contribution >= 4 is 17.2 Å². The number of halogens is 1. The van der Waals surface area contributed by atoms with Crippen molar-refractivity contribution in [2.75, 3.05) is 13.2 Å². The number of aromatic nitrogens is 1. The van der Waals surface area contributed by atoms with Crippen LogP contribution in [0.2, 0.25) is 0 Å². The summed E-state index contributed by atoms with van der Waals surface area (Å²) in [6, 6.07) is 14.3. The Labute approximate surface area is 191 Å². The van der Waals surface area contributed by atoms with E-state index < -0.39 is 0 Å². The summed E-state index contributed by atoms with van der Waals surface area (Å²) in [6.07, 6.45) is 2.16. The summed E-state index contributed by atoms with van der Waals surface area (Å²) in [5, 5.41) is 2.72. The molecule has 1 atom stereocenters. The van der Waals surface area contributed by atoms with E-state index in [1.54, 1.807) is 11.0 Å². The Bertz CT molecular complexity index is 1030. The third-order valence-corrected chi connectivity index (χ3v) is 6.25. The summed E-state index contributed by atoms with van der Waals surface area (Å²) in [4.78, 5) is 19.4. The molecule has 0 N–H and O–H groups in total. The van der Waals surface area contributed by atoms with Crippen molar-refractivity contribution in [3.05, 3.63) is 81.6 Å². The van der Waals surface area contributed by atoms with E-state index in [4.69, 9.17) is 9.47 Å². The average Bonchev–Trinajstić information content (AvgIpc) is 3.45. The highest BCUT2D eigenvalue weighted by Crippen LogP contribution is 2.19. The molecule has 2 aromatic carbocycles. The fourth-order valence-electron chi connectivity index (χ4n) is 3.69. The molecule has 1 fully saturated rings. The first-order valence-corrected chi connectivity index (χ1v) is 11.7. The van der Waals surface area contributed by atoms with E-state index >= 15 is 0 Å². The zero-order valence-corrected chi connectivity index (χ0v) is 18.9. The van der Waals surface area contributed by atoms with E-state index in [1.807, 2.05) is 42.6 Å². The summed E-state index contributed by atoms with van der Waals surface area (Å²) >= 11 is 1.48. The monoisotopic (exact) mass is 454 g/mol. The average molecular weight is 455 g/mol. The fraction of sp³-hybridized carbons (Fsp3) is 0.360. The quantitative estimate of drug-likeness (QED) is 0.461. The lowest BCUT2D eigenvalue weighted by molar-refractivity contribution is -0.132. The minimum atomic E-state index is -0.301. The molecular formula is C25H27FN2O3S. The van der Waals surface area contributed by atoms with Gasteiger partial charge in [0, 0.05) is 25.1 Å². The Kier molecular flexibility index (Phi) is 7.50. The van der Waals surface area contributed by atoms with Gasteiger partial charge in [-0.25, -0.2) is 9.37 Å². The van der Waals surface area contributed by atoms with Crippen LogP contribution in [0.1, 0.15) is 34.7 Å². The Morgan fingerprint density at radius 3 is 2.88 bits per heavy atom. The lowest BCUT2D eigenvalue weighted by Crippen LogP contribution is -2.38.